The zero-order valence-corrected chi connectivity index (χ0v) is 10.5. The van der Waals surface area contributed by atoms with E-state index in [4.69, 9.17) is 9.84 Å². The first kappa shape index (κ1) is 12.0. The fraction of sp³-hybridized carbons (Fsp3) is 0.364. The highest BCUT2D eigenvalue weighted by Crippen LogP contribution is 2.29. The van der Waals surface area contributed by atoms with Crippen molar-refractivity contribution >= 4 is 21.9 Å². The number of hydrogen-bond acceptors (Lipinski definition) is 2. The van der Waals surface area contributed by atoms with E-state index in [1.807, 2.05) is 20.8 Å². The van der Waals surface area contributed by atoms with Crippen molar-refractivity contribution in [2.45, 2.75) is 26.4 Å². The van der Waals surface area contributed by atoms with Crippen LogP contribution < -0.4 is 4.74 Å². The van der Waals surface area contributed by atoms with Crippen LogP contribution in [0.15, 0.2) is 22.7 Å². The number of rotatable bonds is 2. The predicted molar refractivity (Wildman–Crippen MR) is 61.5 cm³/mol. The maximum absolute atomic E-state index is 11.0. The summed E-state index contributed by atoms with van der Waals surface area (Å²) in [5, 5.41) is 9.03. The van der Waals surface area contributed by atoms with Gasteiger partial charge >= 0.3 is 5.97 Å². The highest BCUT2D eigenvalue weighted by molar-refractivity contribution is 9.10. The zero-order valence-electron chi connectivity index (χ0n) is 8.87. The average Bonchev–Trinajstić information content (AvgIpc) is 1.99. The molecule has 1 N–H and O–H groups in total. The Morgan fingerprint density at radius 1 is 1.40 bits per heavy atom. The monoisotopic (exact) mass is 272 g/mol. The molecule has 0 radical (unpaired) electrons. The Bertz CT molecular complexity index is 380. The fourth-order valence-corrected chi connectivity index (χ4v) is 1.64. The highest BCUT2D eigenvalue weighted by Gasteiger charge is 2.19. The van der Waals surface area contributed by atoms with E-state index in [9.17, 15) is 4.79 Å². The summed E-state index contributed by atoms with van der Waals surface area (Å²) in [6.07, 6.45) is 0. The zero-order chi connectivity index (χ0) is 11.6. The molecule has 0 fully saturated rings. The number of ether oxygens (including phenoxy) is 1. The smallest absolute Gasteiger partial charge is 0.340 e. The first-order chi connectivity index (χ1) is 6.81. The summed E-state index contributed by atoms with van der Waals surface area (Å²) in [4.78, 5) is 11.0. The van der Waals surface area contributed by atoms with E-state index in [2.05, 4.69) is 15.9 Å². The molecule has 0 heterocycles. The van der Waals surface area contributed by atoms with Gasteiger partial charge in [0.25, 0.3) is 0 Å². The van der Waals surface area contributed by atoms with Crippen molar-refractivity contribution in [2.75, 3.05) is 0 Å². The van der Waals surface area contributed by atoms with Crippen LogP contribution in [0.1, 0.15) is 31.1 Å². The van der Waals surface area contributed by atoms with E-state index < -0.39 is 11.6 Å². The third-order valence-corrected chi connectivity index (χ3v) is 2.27. The van der Waals surface area contributed by atoms with Gasteiger partial charge in [-0.1, -0.05) is 6.07 Å². The van der Waals surface area contributed by atoms with E-state index in [0.717, 1.165) is 0 Å². The van der Waals surface area contributed by atoms with Gasteiger partial charge in [0, 0.05) is 4.47 Å². The minimum atomic E-state index is -0.998. The molecule has 0 atom stereocenters. The van der Waals surface area contributed by atoms with Crippen molar-refractivity contribution in [3.63, 3.8) is 0 Å². The van der Waals surface area contributed by atoms with Gasteiger partial charge in [-0.25, -0.2) is 4.79 Å². The maximum atomic E-state index is 11.0. The van der Waals surface area contributed by atoms with Crippen molar-refractivity contribution in [3.8, 4) is 5.75 Å². The Morgan fingerprint density at radius 2 is 2.00 bits per heavy atom. The summed E-state index contributed by atoms with van der Waals surface area (Å²) in [5.74, 6) is -0.619. The molecule has 15 heavy (non-hydrogen) atoms. The number of benzene rings is 1. The van der Waals surface area contributed by atoms with Crippen molar-refractivity contribution in [2.24, 2.45) is 0 Å². The van der Waals surface area contributed by atoms with E-state index >= 15 is 0 Å². The summed E-state index contributed by atoms with van der Waals surface area (Å²) >= 11 is 3.19. The largest absolute Gasteiger partial charge is 0.487 e. The van der Waals surface area contributed by atoms with Crippen LogP contribution in [0.5, 0.6) is 5.75 Å². The van der Waals surface area contributed by atoms with E-state index in [-0.39, 0.29) is 5.56 Å². The second-order valence-electron chi connectivity index (χ2n) is 4.13. The first-order valence-electron chi connectivity index (χ1n) is 4.52. The lowest BCUT2D eigenvalue weighted by Crippen LogP contribution is -2.24. The molecule has 3 nitrogen and oxygen atoms in total. The predicted octanol–water partition coefficient (Wildman–Crippen LogP) is 3.32. The lowest BCUT2D eigenvalue weighted by atomic mass is 10.1. The van der Waals surface area contributed by atoms with Crippen LogP contribution in [-0.2, 0) is 0 Å². The van der Waals surface area contributed by atoms with Crippen LogP contribution in [0, 0.1) is 0 Å². The number of carbonyl (C=O) groups is 1. The van der Waals surface area contributed by atoms with Crippen LogP contribution in [0.3, 0.4) is 0 Å². The Kier molecular flexibility index (Phi) is 3.39. The van der Waals surface area contributed by atoms with Crippen LogP contribution in [0.25, 0.3) is 0 Å². The highest BCUT2D eigenvalue weighted by atomic mass is 79.9. The van der Waals surface area contributed by atoms with Gasteiger partial charge in [-0.2, -0.15) is 0 Å². The normalized spacial score (nSPS) is 11.2. The second-order valence-corrected chi connectivity index (χ2v) is 4.99. The molecule has 0 unspecified atom stereocenters. The molecule has 4 heteroatoms. The molecule has 0 amide bonds. The van der Waals surface area contributed by atoms with Crippen LogP contribution >= 0.6 is 15.9 Å². The van der Waals surface area contributed by atoms with Crippen LogP contribution in [0.4, 0.5) is 0 Å². The Balaban J connectivity index is 3.18. The van der Waals surface area contributed by atoms with E-state index in [1.54, 1.807) is 18.2 Å². The quantitative estimate of drug-likeness (QED) is 0.899. The third-order valence-electron chi connectivity index (χ3n) is 1.61. The SMILES string of the molecule is CC(C)(C)Oc1cccc(Br)c1C(=O)O. The number of halogens is 1. The minimum absolute atomic E-state index is 0.160. The van der Waals surface area contributed by atoms with Gasteiger partial charge in [0.15, 0.2) is 0 Å². The second kappa shape index (κ2) is 4.23. The molecule has 0 aliphatic rings. The van der Waals surface area contributed by atoms with Gasteiger partial charge in [-0.15, -0.1) is 0 Å². The standard InChI is InChI=1S/C11H13BrO3/c1-11(2,3)15-8-6-4-5-7(12)9(8)10(13)14/h4-6H,1-3H3,(H,13,14). The van der Waals surface area contributed by atoms with Gasteiger partial charge < -0.3 is 9.84 Å². The lowest BCUT2D eigenvalue weighted by Gasteiger charge is -2.22. The summed E-state index contributed by atoms with van der Waals surface area (Å²) in [6.45, 7) is 5.62. The van der Waals surface area contributed by atoms with Crippen LogP contribution in [0.2, 0.25) is 0 Å². The summed E-state index contributed by atoms with van der Waals surface area (Å²) < 4.78 is 6.09. The van der Waals surface area contributed by atoms with E-state index in [1.165, 1.54) is 0 Å². The molecule has 1 aromatic rings. The summed E-state index contributed by atoms with van der Waals surface area (Å²) in [7, 11) is 0. The van der Waals surface area contributed by atoms with Crippen molar-refractivity contribution < 1.29 is 14.6 Å². The molecular weight excluding hydrogens is 260 g/mol. The molecule has 0 spiro atoms. The molecule has 0 saturated heterocycles. The van der Waals surface area contributed by atoms with Crippen molar-refractivity contribution in [1.82, 2.24) is 0 Å². The molecule has 1 aromatic carbocycles. The van der Waals surface area contributed by atoms with Gasteiger partial charge in [-0.05, 0) is 48.8 Å². The minimum Gasteiger partial charge on any atom is -0.487 e. The van der Waals surface area contributed by atoms with Crippen molar-refractivity contribution in [1.29, 1.82) is 0 Å². The Morgan fingerprint density at radius 3 is 2.47 bits per heavy atom. The van der Waals surface area contributed by atoms with Gasteiger partial charge in [0.2, 0.25) is 0 Å². The molecule has 0 saturated carbocycles. The van der Waals surface area contributed by atoms with E-state index in [0.29, 0.717) is 10.2 Å². The molecule has 0 aliphatic heterocycles. The maximum Gasteiger partial charge on any atom is 0.340 e. The number of carboxylic acid groups (broad SMARTS) is 1. The Hall–Kier alpha value is -1.03. The average molecular weight is 273 g/mol. The summed E-state index contributed by atoms with van der Waals surface area (Å²) in [6, 6.07) is 5.08. The van der Waals surface area contributed by atoms with Gasteiger partial charge in [0.05, 0.1) is 0 Å². The van der Waals surface area contributed by atoms with Crippen LogP contribution in [-0.4, -0.2) is 16.7 Å². The number of carboxylic acids is 1. The molecule has 0 aromatic heterocycles. The molecule has 82 valence electrons. The fourth-order valence-electron chi connectivity index (χ4n) is 1.13. The number of hydrogen-bond donors (Lipinski definition) is 1. The van der Waals surface area contributed by atoms with Gasteiger partial charge in [-0.3, -0.25) is 0 Å². The number of aromatic carboxylic acids is 1. The van der Waals surface area contributed by atoms with Crippen molar-refractivity contribution in [3.05, 3.63) is 28.2 Å². The third kappa shape index (κ3) is 3.23. The molecular formula is C11H13BrO3. The topological polar surface area (TPSA) is 46.5 Å². The molecule has 0 bridgehead atoms. The first-order valence-corrected chi connectivity index (χ1v) is 5.31. The van der Waals surface area contributed by atoms with Gasteiger partial charge in [0.1, 0.15) is 16.9 Å². The Labute approximate surface area is 97.2 Å². The summed E-state index contributed by atoms with van der Waals surface area (Å²) in [5.41, 5.74) is -0.252. The molecule has 1 rings (SSSR count). The molecule has 0 aliphatic carbocycles. The lowest BCUT2D eigenvalue weighted by molar-refractivity contribution is 0.0680.